The second kappa shape index (κ2) is 38.8. The zero-order valence-electron chi connectivity index (χ0n) is 33.4. The van der Waals surface area contributed by atoms with Crippen LogP contribution in [0.3, 0.4) is 0 Å². The number of hydrogen-bond acceptors (Lipinski definition) is 7. The van der Waals surface area contributed by atoms with Crippen molar-refractivity contribution in [2.45, 2.75) is 207 Å². The zero-order valence-corrected chi connectivity index (χ0v) is 33.4. The molecule has 296 valence electrons. The fourth-order valence-electron chi connectivity index (χ4n) is 6.30. The number of allylic oxidation sites excluding steroid dienone is 4. The number of carbonyl (C=O) groups excluding carboxylic acids is 4. The molecule has 0 radical (unpaired) electrons. The molecule has 0 amide bonds. The normalized spacial score (nSPS) is 17.6. The van der Waals surface area contributed by atoms with Crippen LogP contribution >= 0.6 is 0 Å². The first-order valence-corrected chi connectivity index (χ1v) is 21.3. The van der Waals surface area contributed by atoms with E-state index in [2.05, 4.69) is 24.3 Å². The Morgan fingerprint density at radius 3 is 1.45 bits per heavy atom. The van der Waals surface area contributed by atoms with Crippen LogP contribution in [0.15, 0.2) is 24.3 Å². The molecule has 0 aliphatic heterocycles. The van der Waals surface area contributed by atoms with Crippen molar-refractivity contribution in [3.05, 3.63) is 24.3 Å². The summed E-state index contributed by atoms with van der Waals surface area (Å²) in [6, 6.07) is 0. The number of rotatable bonds is 20. The molecule has 1 atom stereocenters. The van der Waals surface area contributed by atoms with Gasteiger partial charge in [0.2, 0.25) is 0 Å². The number of carbonyl (C=O) groups is 4. The summed E-state index contributed by atoms with van der Waals surface area (Å²) in [5.74, 6) is -0.849. The highest BCUT2D eigenvalue weighted by atomic mass is 16.5. The van der Waals surface area contributed by atoms with E-state index in [1.165, 1.54) is 96.3 Å². The minimum Gasteiger partial charge on any atom is -0.466 e. The van der Waals surface area contributed by atoms with Crippen molar-refractivity contribution in [1.82, 2.24) is 0 Å². The van der Waals surface area contributed by atoms with Crippen LogP contribution in [0.1, 0.15) is 207 Å². The van der Waals surface area contributed by atoms with E-state index in [4.69, 9.17) is 14.2 Å². The highest BCUT2D eigenvalue weighted by Gasteiger charge is 2.26. The minimum atomic E-state index is -0.523. The molecule has 7 nitrogen and oxygen atoms in total. The lowest BCUT2D eigenvalue weighted by atomic mass is 9.93. The zero-order chi connectivity index (χ0) is 37.5. The first kappa shape index (κ1) is 48.6. The van der Waals surface area contributed by atoms with Crippen LogP contribution in [0.2, 0.25) is 0 Å². The van der Waals surface area contributed by atoms with Crippen molar-refractivity contribution in [2.24, 2.45) is 5.92 Å². The molecule has 0 saturated carbocycles. The van der Waals surface area contributed by atoms with Crippen molar-refractivity contribution < 1.29 is 33.4 Å². The van der Waals surface area contributed by atoms with E-state index < -0.39 is 5.92 Å². The fraction of sp³-hybridized carbons (Fsp3) is 0.818. The van der Waals surface area contributed by atoms with E-state index in [1.54, 1.807) is 6.92 Å². The molecule has 0 aromatic rings. The van der Waals surface area contributed by atoms with Gasteiger partial charge >= 0.3 is 17.9 Å². The van der Waals surface area contributed by atoms with E-state index in [0.29, 0.717) is 45.5 Å². The van der Waals surface area contributed by atoms with Crippen molar-refractivity contribution in [3.63, 3.8) is 0 Å². The topological polar surface area (TPSA) is 96.0 Å². The van der Waals surface area contributed by atoms with Gasteiger partial charge in [0.1, 0.15) is 11.7 Å². The quantitative estimate of drug-likeness (QED) is 0.0406. The molecule has 1 aliphatic carbocycles. The maximum Gasteiger partial charge on any atom is 0.316 e. The van der Waals surface area contributed by atoms with E-state index in [-0.39, 0.29) is 23.7 Å². The summed E-state index contributed by atoms with van der Waals surface area (Å²) in [4.78, 5) is 46.9. The predicted molar refractivity (Wildman–Crippen MR) is 211 cm³/mol. The second-order valence-electron chi connectivity index (χ2n) is 13.9. The van der Waals surface area contributed by atoms with Gasteiger partial charge in [0.25, 0.3) is 0 Å². The summed E-state index contributed by atoms with van der Waals surface area (Å²) in [6.07, 6.45) is 40.6. The number of ketones is 1. The minimum absolute atomic E-state index is 0.0607. The van der Waals surface area contributed by atoms with Gasteiger partial charge in [-0.2, -0.15) is 0 Å². The molecule has 0 fully saturated rings. The smallest absolute Gasteiger partial charge is 0.316 e. The average Bonchev–Trinajstić information content (AvgIpc) is 3.11. The van der Waals surface area contributed by atoms with E-state index in [9.17, 15) is 19.2 Å². The Morgan fingerprint density at radius 2 is 0.961 bits per heavy atom. The molecule has 1 unspecified atom stereocenters. The van der Waals surface area contributed by atoms with Gasteiger partial charge < -0.3 is 14.2 Å². The summed E-state index contributed by atoms with van der Waals surface area (Å²) in [6.45, 7) is 6.83. The molecular weight excluding hydrogens is 640 g/mol. The largest absolute Gasteiger partial charge is 0.466 e. The Bertz CT molecular complexity index is 860. The monoisotopic (exact) mass is 719 g/mol. The maximum absolute atomic E-state index is 12.5. The average molecular weight is 719 g/mol. The van der Waals surface area contributed by atoms with E-state index >= 15 is 0 Å². The van der Waals surface area contributed by atoms with Gasteiger partial charge in [-0.15, -0.1) is 0 Å². The van der Waals surface area contributed by atoms with Gasteiger partial charge in [0.05, 0.1) is 19.8 Å². The van der Waals surface area contributed by atoms with Gasteiger partial charge in [0, 0.05) is 19.3 Å². The SMILES string of the molecule is CCOC(=O)C1CCCCCCC/C=C\CCCCCCCCC1=O.CCOC(=O)CCCCCCC/C=C\CCCCCCCC(=O)OCC. The third-order valence-electron chi connectivity index (χ3n) is 9.31. The van der Waals surface area contributed by atoms with Crippen LogP contribution in [-0.2, 0) is 33.4 Å². The third kappa shape index (κ3) is 34.4. The molecular formula is C44H78O7. The summed E-state index contributed by atoms with van der Waals surface area (Å²) < 4.78 is 15.0. The Kier molecular flexibility index (Phi) is 36.9. The van der Waals surface area contributed by atoms with E-state index in [1.807, 2.05) is 13.8 Å². The van der Waals surface area contributed by atoms with Crippen LogP contribution in [0.25, 0.3) is 0 Å². The molecule has 0 heterocycles. The first-order valence-electron chi connectivity index (χ1n) is 21.3. The Morgan fingerprint density at radius 1 is 0.549 bits per heavy atom. The lowest BCUT2D eigenvalue weighted by Crippen LogP contribution is -2.26. The lowest BCUT2D eigenvalue weighted by molar-refractivity contribution is -0.152. The molecule has 1 rings (SSSR count). The van der Waals surface area contributed by atoms with Crippen molar-refractivity contribution >= 4 is 23.7 Å². The van der Waals surface area contributed by atoms with Crippen LogP contribution in [0.4, 0.5) is 0 Å². The maximum atomic E-state index is 12.5. The van der Waals surface area contributed by atoms with Gasteiger partial charge in [-0.3, -0.25) is 19.2 Å². The molecule has 51 heavy (non-hydrogen) atoms. The van der Waals surface area contributed by atoms with Crippen molar-refractivity contribution in [3.8, 4) is 0 Å². The Labute approximate surface area is 313 Å². The number of hydrogen-bond donors (Lipinski definition) is 0. The molecule has 0 N–H and O–H groups in total. The lowest BCUT2D eigenvalue weighted by Gasteiger charge is -2.14. The first-order chi connectivity index (χ1) is 25.0. The van der Waals surface area contributed by atoms with Crippen LogP contribution in [0.5, 0.6) is 0 Å². The van der Waals surface area contributed by atoms with Gasteiger partial charge in [-0.05, 0) is 97.8 Å². The summed E-state index contributed by atoms with van der Waals surface area (Å²) in [5, 5.41) is 0. The number of ether oxygens (including phenoxy) is 3. The molecule has 0 aromatic carbocycles. The highest BCUT2D eigenvalue weighted by Crippen LogP contribution is 2.19. The summed E-state index contributed by atoms with van der Waals surface area (Å²) in [5.41, 5.74) is 0. The number of Topliss-reactive ketones (excluding diaryl/α,β-unsaturated/α-hetero) is 1. The molecule has 0 bridgehead atoms. The standard InChI is InChI=1S/C22H40O4.C22H38O3/c1-3-25-21(23)19-17-15-13-11-9-7-5-6-8-10-12-14-16-18-20-22(24)26-4-2;1-2-25-22(24)20-18-16-14-12-10-8-6-4-3-5-7-9-11-13-15-17-19-21(20)23/h5-6H,3-4,7-20H2,1-2H3;3-4,20H,2,5-19H2,1H3/b6-5-;4-3-. The van der Waals surface area contributed by atoms with Crippen LogP contribution in [-0.4, -0.2) is 43.5 Å². The molecule has 0 saturated heterocycles. The Balaban J connectivity index is 0.000000981. The van der Waals surface area contributed by atoms with E-state index in [0.717, 1.165) is 64.2 Å². The predicted octanol–water partition coefficient (Wildman–Crippen LogP) is 12.3. The highest BCUT2D eigenvalue weighted by molar-refractivity contribution is 5.98. The molecule has 1 aliphatic rings. The summed E-state index contributed by atoms with van der Waals surface area (Å²) >= 11 is 0. The van der Waals surface area contributed by atoms with Gasteiger partial charge in [0.15, 0.2) is 0 Å². The van der Waals surface area contributed by atoms with Crippen LogP contribution in [0, 0.1) is 5.92 Å². The van der Waals surface area contributed by atoms with Crippen LogP contribution < -0.4 is 0 Å². The second-order valence-corrected chi connectivity index (χ2v) is 13.9. The molecule has 0 aromatic heterocycles. The van der Waals surface area contributed by atoms with Crippen molar-refractivity contribution in [2.75, 3.05) is 19.8 Å². The van der Waals surface area contributed by atoms with Crippen molar-refractivity contribution in [1.29, 1.82) is 0 Å². The molecule has 0 spiro atoms. The Hall–Kier alpha value is -2.44. The number of esters is 3. The molecule has 7 heteroatoms. The fourth-order valence-corrected chi connectivity index (χ4v) is 6.30. The number of unbranched alkanes of at least 4 members (excludes halogenated alkanes) is 10. The summed E-state index contributed by atoms with van der Waals surface area (Å²) in [7, 11) is 0. The van der Waals surface area contributed by atoms with Gasteiger partial charge in [-0.1, -0.05) is 114 Å². The third-order valence-corrected chi connectivity index (χ3v) is 9.31. The van der Waals surface area contributed by atoms with Gasteiger partial charge in [-0.25, -0.2) is 0 Å².